The Hall–Kier alpha value is -2.11. The quantitative estimate of drug-likeness (QED) is 0.815. The third-order valence-electron chi connectivity index (χ3n) is 6.89. The second-order valence-corrected chi connectivity index (χ2v) is 8.97. The molecule has 6 heteroatoms. The van der Waals surface area contributed by atoms with Crippen LogP contribution in [0.5, 0.6) is 0 Å². The normalized spacial score (nSPS) is 24.0. The minimum absolute atomic E-state index is 0.0339. The van der Waals surface area contributed by atoms with Gasteiger partial charge in [0, 0.05) is 31.7 Å². The van der Waals surface area contributed by atoms with E-state index in [2.05, 4.69) is 4.98 Å². The smallest absolute Gasteiger partial charge is 0.330 e. The number of nitrogens with zero attached hydrogens (tertiary/aromatic N) is 4. The molecule has 2 aromatic heterocycles. The average Bonchev–Trinajstić information content (AvgIpc) is 3.52. The van der Waals surface area contributed by atoms with Crippen molar-refractivity contribution >= 4 is 17.1 Å². The van der Waals surface area contributed by atoms with Gasteiger partial charge in [0.1, 0.15) is 0 Å². The molecule has 0 aromatic carbocycles. The molecule has 1 saturated heterocycles. The Morgan fingerprint density at radius 1 is 1.07 bits per heavy atom. The van der Waals surface area contributed by atoms with Crippen LogP contribution >= 0.6 is 0 Å². The minimum Gasteiger partial charge on any atom is -0.340 e. The van der Waals surface area contributed by atoms with E-state index in [1.807, 2.05) is 26.2 Å². The maximum absolute atomic E-state index is 13.3. The summed E-state index contributed by atoms with van der Waals surface area (Å²) < 4.78 is 3.81. The van der Waals surface area contributed by atoms with Gasteiger partial charge in [-0.15, -0.1) is 0 Å². The van der Waals surface area contributed by atoms with E-state index < -0.39 is 0 Å². The van der Waals surface area contributed by atoms with Crippen molar-refractivity contribution in [1.29, 1.82) is 0 Å². The zero-order valence-corrected chi connectivity index (χ0v) is 16.6. The van der Waals surface area contributed by atoms with Crippen molar-refractivity contribution < 1.29 is 4.79 Å². The SMILES string of the molecule is O=C(C1CCCCC1)N1CCC[C@H](n2c(=O)n(CC3CC3)c3cccnc32)C1. The molecule has 0 spiro atoms. The number of imidazole rings is 1. The number of amides is 1. The van der Waals surface area contributed by atoms with Crippen molar-refractivity contribution in [3.8, 4) is 0 Å². The summed E-state index contributed by atoms with van der Waals surface area (Å²) in [4.78, 5) is 33.0. The molecule has 3 heterocycles. The standard InChI is InChI=1S/C22H30N4O2/c27-21(17-6-2-1-3-7-17)24-13-5-8-18(15-24)26-20-19(9-4-12-23-20)25(22(26)28)14-16-10-11-16/h4,9,12,16-18H,1-3,5-8,10-11,13-15H2/t18-/m0/s1. The zero-order valence-electron chi connectivity index (χ0n) is 16.6. The fourth-order valence-corrected chi connectivity index (χ4v) is 5.15. The highest BCUT2D eigenvalue weighted by atomic mass is 16.2. The maximum atomic E-state index is 13.3. The molecule has 150 valence electrons. The van der Waals surface area contributed by atoms with Gasteiger partial charge in [-0.05, 0) is 56.6 Å². The number of fused-ring (bicyclic) bond motifs is 1. The fourth-order valence-electron chi connectivity index (χ4n) is 5.15. The van der Waals surface area contributed by atoms with Crippen molar-refractivity contribution in [2.75, 3.05) is 13.1 Å². The molecule has 3 aliphatic rings. The molecule has 28 heavy (non-hydrogen) atoms. The number of likely N-dealkylation sites (tertiary alicyclic amines) is 1. The van der Waals surface area contributed by atoms with Crippen LogP contribution in [0.3, 0.4) is 0 Å². The van der Waals surface area contributed by atoms with E-state index in [0.717, 1.165) is 49.9 Å². The summed E-state index contributed by atoms with van der Waals surface area (Å²) in [5.74, 6) is 1.14. The lowest BCUT2D eigenvalue weighted by Crippen LogP contribution is -2.45. The summed E-state index contributed by atoms with van der Waals surface area (Å²) >= 11 is 0. The van der Waals surface area contributed by atoms with Gasteiger partial charge in [0.2, 0.25) is 5.91 Å². The predicted molar refractivity (Wildman–Crippen MR) is 108 cm³/mol. The predicted octanol–water partition coefficient (Wildman–Crippen LogP) is 3.35. The lowest BCUT2D eigenvalue weighted by Gasteiger charge is -2.36. The highest BCUT2D eigenvalue weighted by molar-refractivity contribution is 5.79. The van der Waals surface area contributed by atoms with E-state index in [1.54, 1.807) is 6.20 Å². The van der Waals surface area contributed by atoms with Gasteiger partial charge in [0.05, 0.1) is 11.6 Å². The summed E-state index contributed by atoms with van der Waals surface area (Å²) in [7, 11) is 0. The third-order valence-corrected chi connectivity index (χ3v) is 6.89. The second-order valence-electron chi connectivity index (χ2n) is 8.97. The number of piperidine rings is 1. The zero-order chi connectivity index (χ0) is 19.1. The summed E-state index contributed by atoms with van der Waals surface area (Å²) in [5.41, 5.74) is 1.78. The topological polar surface area (TPSA) is 60.1 Å². The van der Waals surface area contributed by atoms with Crippen LogP contribution in [0.4, 0.5) is 0 Å². The summed E-state index contributed by atoms with van der Waals surface area (Å²) in [6.07, 6.45) is 11.8. The number of pyridine rings is 1. The van der Waals surface area contributed by atoms with E-state index in [1.165, 1.54) is 32.1 Å². The first-order valence-corrected chi connectivity index (χ1v) is 11.1. The number of aromatic nitrogens is 3. The fraction of sp³-hybridized carbons (Fsp3) is 0.682. The summed E-state index contributed by atoms with van der Waals surface area (Å²) in [6, 6.07) is 3.96. The van der Waals surface area contributed by atoms with Crippen molar-refractivity contribution in [3.63, 3.8) is 0 Å². The molecular formula is C22H30N4O2. The van der Waals surface area contributed by atoms with E-state index in [-0.39, 0.29) is 17.6 Å². The van der Waals surface area contributed by atoms with Gasteiger partial charge < -0.3 is 4.90 Å². The molecule has 1 atom stereocenters. The van der Waals surface area contributed by atoms with Gasteiger partial charge in [-0.2, -0.15) is 0 Å². The van der Waals surface area contributed by atoms with E-state index in [0.29, 0.717) is 18.4 Å². The Bertz CT molecular complexity index is 920. The Morgan fingerprint density at radius 2 is 1.89 bits per heavy atom. The number of carbonyl (C=O) groups excluding carboxylic acids is 1. The molecular weight excluding hydrogens is 352 g/mol. The van der Waals surface area contributed by atoms with Crippen molar-refractivity contribution in [2.24, 2.45) is 11.8 Å². The van der Waals surface area contributed by atoms with Crippen molar-refractivity contribution in [1.82, 2.24) is 19.0 Å². The monoisotopic (exact) mass is 382 g/mol. The van der Waals surface area contributed by atoms with Crippen LogP contribution in [-0.2, 0) is 11.3 Å². The highest BCUT2D eigenvalue weighted by Crippen LogP contribution is 2.32. The Labute approximate surface area is 165 Å². The minimum atomic E-state index is 0.0339. The molecule has 0 radical (unpaired) electrons. The Balaban J connectivity index is 1.43. The number of hydrogen-bond donors (Lipinski definition) is 0. The molecule has 0 N–H and O–H groups in total. The van der Waals surface area contributed by atoms with Crippen molar-refractivity contribution in [3.05, 3.63) is 28.8 Å². The van der Waals surface area contributed by atoms with Gasteiger partial charge in [0.25, 0.3) is 0 Å². The van der Waals surface area contributed by atoms with Crippen LogP contribution in [-0.4, -0.2) is 38.0 Å². The van der Waals surface area contributed by atoms with Crippen LogP contribution in [0.25, 0.3) is 11.2 Å². The maximum Gasteiger partial charge on any atom is 0.330 e. The molecule has 1 amide bonds. The van der Waals surface area contributed by atoms with Gasteiger partial charge in [-0.1, -0.05) is 19.3 Å². The lowest BCUT2D eigenvalue weighted by molar-refractivity contribution is -0.138. The van der Waals surface area contributed by atoms with Crippen LogP contribution in [0, 0.1) is 11.8 Å². The number of hydrogen-bond acceptors (Lipinski definition) is 3. The van der Waals surface area contributed by atoms with E-state index in [9.17, 15) is 9.59 Å². The summed E-state index contributed by atoms with van der Waals surface area (Å²) in [6.45, 7) is 2.27. The number of carbonyl (C=O) groups is 1. The van der Waals surface area contributed by atoms with Gasteiger partial charge >= 0.3 is 5.69 Å². The molecule has 2 saturated carbocycles. The van der Waals surface area contributed by atoms with E-state index in [4.69, 9.17) is 0 Å². The van der Waals surface area contributed by atoms with Crippen LogP contribution in [0.2, 0.25) is 0 Å². The first kappa shape index (κ1) is 18.0. The second kappa shape index (κ2) is 7.37. The Kier molecular flexibility index (Phi) is 4.73. The van der Waals surface area contributed by atoms with Crippen LogP contribution in [0.15, 0.2) is 23.1 Å². The van der Waals surface area contributed by atoms with Gasteiger partial charge in [-0.3, -0.25) is 13.9 Å². The lowest BCUT2D eigenvalue weighted by atomic mass is 9.87. The van der Waals surface area contributed by atoms with Crippen molar-refractivity contribution in [2.45, 2.75) is 70.4 Å². The molecule has 0 bridgehead atoms. The third kappa shape index (κ3) is 3.27. The molecule has 2 aliphatic carbocycles. The summed E-state index contributed by atoms with van der Waals surface area (Å²) in [5, 5.41) is 0. The largest absolute Gasteiger partial charge is 0.340 e. The molecule has 6 nitrogen and oxygen atoms in total. The first-order valence-electron chi connectivity index (χ1n) is 11.1. The van der Waals surface area contributed by atoms with E-state index >= 15 is 0 Å². The Morgan fingerprint density at radius 3 is 2.68 bits per heavy atom. The van der Waals surface area contributed by atoms with Crippen LogP contribution in [0.1, 0.15) is 63.8 Å². The molecule has 0 unspecified atom stereocenters. The van der Waals surface area contributed by atoms with Crippen LogP contribution < -0.4 is 5.69 Å². The molecule has 2 aromatic rings. The molecule has 3 fully saturated rings. The molecule has 5 rings (SSSR count). The van der Waals surface area contributed by atoms with Gasteiger partial charge in [-0.25, -0.2) is 9.78 Å². The van der Waals surface area contributed by atoms with Gasteiger partial charge in [0.15, 0.2) is 5.65 Å². The highest BCUT2D eigenvalue weighted by Gasteiger charge is 2.33. The number of rotatable bonds is 4. The molecule has 1 aliphatic heterocycles. The average molecular weight is 383 g/mol. The first-order chi connectivity index (χ1) is 13.7.